The average Bonchev–Trinajstić information content (AvgIpc) is 3.30. The van der Waals surface area contributed by atoms with E-state index in [0.29, 0.717) is 5.88 Å². The molecule has 36 heavy (non-hydrogen) atoms. The molecule has 0 bridgehead atoms. The molecule has 1 aromatic carbocycles. The number of aromatic nitrogens is 5. The zero-order chi connectivity index (χ0) is 26.1. The summed E-state index contributed by atoms with van der Waals surface area (Å²) in [5, 5.41) is 23.8. The van der Waals surface area contributed by atoms with Crippen molar-refractivity contribution < 1.29 is 23.0 Å². The van der Waals surface area contributed by atoms with Gasteiger partial charge in [-0.3, -0.25) is 4.79 Å². The molecule has 3 rings (SSSR count). The zero-order valence-corrected chi connectivity index (χ0v) is 19.8. The second-order valence-corrected chi connectivity index (χ2v) is 8.52. The molecule has 0 unspecified atom stereocenters. The number of tetrazole rings is 1. The summed E-state index contributed by atoms with van der Waals surface area (Å²) in [6.45, 7) is 2.78. The fraction of sp³-hybridized carbons (Fsp3) is 0.391. The first kappa shape index (κ1) is 26.6. The van der Waals surface area contributed by atoms with Crippen LogP contribution in [0.4, 0.5) is 8.78 Å². The van der Waals surface area contributed by atoms with E-state index in [2.05, 4.69) is 31.9 Å². The first-order chi connectivity index (χ1) is 17.2. The second kappa shape index (κ2) is 12.1. The normalized spacial score (nSPS) is 13.0. The van der Waals surface area contributed by atoms with Crippen LogP contribution in [-0.2, 0) is 16.1 Å². The van der Waals surface area contributed by atoms with Gasteiger partial charge < -0.3 is 20.5 Å². The number of hydrogen-bond donors (Lipinski definition) is 2. The number of nitrogens with two attached hydrogens (primary N) is 1. The molecule has 0 saturated carbocycles. The SMILES string of the molecule is CC(C)(N)C(=O)N[C@H](COCc1cc(F)cc(F)c1)c1nnnn1[C@H](CC#N)COc1ccccn1. The monoisotopic (exact) mass is 500 g/mol. The lowest BCUT2D eigenvalue weighted by atomic mass is 10.1. The predicted molar refractivity (Wildman–Crippen MR) is 122 cm³/mol. The second-order valence-electron chi connectivity index (χ2n) is 8.52. The van der Waals surface area contributed by atoms with Crippen LogP contribution in [-0.4, -0.2) is 49.9 Å². The number of carbonyl (C=O) groups excluding carboxylic acids is 1. The van der Waals surface area contributed by atoms with E-state index in [0.717, 1.165) is 18.2 Å². The highest BCUT2D eigenvalue weighted by atomic mass is 19.1. The van der Waals surface area contributed by atoms with Crippen molar-refractivity contribution in [3.63, 3.8) is 0 Å². The number of pyridine rings is 1. The lowest BCUT2D eigenvalue weighted by Gasteiger charge is -2.25. The van der Waals surface area contributed by atoms with Gasteiger partial charge in [-0.15, -0.1) is 5.10 Å². The minimum absolute atomic E-state index is 0.00263. The van der Waals surface area contributed by atoms with Gasteiger partial charge in [-0.05, 0) is 48.0 Å². The number of benzene rings is 1. The van der Waals surface area contributed by atoms with Crippen molar-refractivity contribution in [2.45, 2.75) is 44.5 Å². The van der Waals surface area contributed by atoms with Crippen LogP contribution < -0.4 is 15.8 Å². The molecule has 2 atom stereocenters. The summed E-state index contributed by atoms with van der Waals surface area (Å²) in [6.07, 6.45) is 1.57. The van der Waals surface area contributed by atoms with E-state index < -0.39 is 35.2 Å². The van der Waals surface area contributed by atoms with Gasteiger partial charge in [0.05, 0.1) is 31.2 Å². The van der Waals surface area contributed by atoms with Crippen molar-refractivity contribution in [3.05, 3.63) is 65.6 Å². The van der Waals surface area contributed by atoms with Gasteiger partial charge >= 0.3 is 0 Å². The van der Waals surface area contributed by atoms with Crippen molar-refractivity contribution in [3.8, 4) is 11.9 Å². The molecule has 3 N–H and O–H groups in total. The highest BCUT2D eigenvalue weighted by Gasteiger charge is 2.30. The number of carbonyl (C=O) groups is 1. The number of nitriles is 1. The highest BCUT2D eigenvalue weighted by molar-refractivity contribution is 5.85. The maximum absolute atomic E-state index is 13.5. The molecule has 0 aliphatic rings. The van der Waals surface area contributed by atoms with Crippen molar-refractivity contribution in [1.29, 1.82) is 5.26 Å². The molecule has 0 saturated heterocycles. The number of ether oxygens (including phenoxy) is 2. The number of nitrogens with zero attached hydrogens (tertiary/aromatic N) is 6. The summed E-state index contributed by atoms with van der Waals surface area (Å²) < 4.78 is 39.7. The lowest BCUT2D eigenvalue weighted by Crippen LogP contribution is -2.51. The molecule has 3 aromatic rings. The van der Waals surface area contributed by atoms with Gasteiger partial charge in [-0.1, -0.05) is 6.07 Å². The quantitative estimate of drug-likeness (QED) is 0.380. The molecule has 1 amide bonds. The van der Waals surface area contributed by atoms with Gasteiger partial charge in [0, 0.05) is 18.3 Å². The standard InChI is InChI=1S/C23H26F2N8O3/c1-23(2,27)22(34)29-19(14-35-12-15-9-16(24)11-17(25)10-15)21-30-31-32-33(21)18(6-7-26)13-36-20-5-3-4-8-28-20/h3-5,8-11,18-19H,6,12-14,27H2,1-2H3,(H,29,34)/t18-,19-/m1/s1. The third-order valence-electron chi connectivity index (χ3n) is 4.93. The highest BCUT2D eigenvalue weighted by Crippen LogP contribution is 2.20. The van der Waals surface area contributed by atoms with Crippen LogP contribution in [0.3, 0.4) is 0 Å². The van der Waals surface area contributed by atoms with Crippen LogP contribution in [0.25, 0.3) is 0 Å². The molecule has 190 valence electrons. The molecule has 13 heteroatoms. The van der Waals surface area contributed by atoms with Gasteiger partial charge in [0.1, 0.15) is 30.3 Å². The first-order valence-electron chi connectivity index (χ1n) is 11.0. The van der Waals surface area contributed by atoms with E-state index in [1.54, 1.807) is 24.4 Å². The Morgan fingerprint density at radius 1 is 1.25 bits per heavy atom. The third kappa shape index (κ3) is 7.49. The van der Waals surface area contributed by atoms with Crippen LogP contribution in [0, 0.1) is 23.0 Å². The molecular formula is C23H26F2N8O3. The van der Waals surface area contributed by atoms with Crippen LogP contribution in [0.15, 0.2) is 42.6 Å². The molecule has 0 radical (unpaired) electrons. The Kier molecular flexibility index (Phi) is 8.93. The van der Waals surface area contributed by atoms with Crippen molar-refractivity contribution in [2.24, 2.45) is 5.73 Å². The zero-order valence-electron chi connectivity index (χ0n) is 19.8. The van der Waals surface area contributed by atoms with E-state index in [4.69, 9.17) is 15.2 Å². The van der Waals surface area contributed by atoms with E-state index in [-0.39, 0.29) is 37.6 Å². The topological polar surface area (TPSA) is 154 Å². The fourth-order valence-electron chi connectivity index (χ4n) is 3.14. The van der Waals surface area contributed by atoms with Crippen molar-refractivity contribution in [2.75, 3.05) is 13.2 Å². The Balaban J connectivity index is 1.81. The minimum Gasteiger partial charge on any atom is -0.475 e. The summed E-state index contributed by atoms with van der Waals surface area (Å²) >= 11 is 0. The maximum Gasteiger partial charge on any atom is 0.240 e. The molecule has 2 heterocycles. The van der Waals surface area contributed by atoms with Crippen molar-refractivity contribution in [1.82, 2.24) is 30.5 Å². The largest absolute Gasteiger partial charge is 0.475 e. The summed E-state index contributed by atoms with van der Waals surface area (Å²) in [5.74, 6) is -1.44. The van der Waals surface area contributed by atoms with Gasteiger partial charge in [-0.25, -0.2) is 18.4 Å². The van der Waals surface area contributed by atoms with Gasteiger partial charge in [0.15, 0.2) is 5.82 Å². The van der Waals surface area contributed by atoms with Crippen LogP contribution in [0.2, 0.25) is 0 Å². The average molecular weight is 501 g/mol. The van der Waals surface area contributed by atoms with Gasteiger partial charge in [0.2, 0.25) is 11.8 Å². The molecule has 2 aromatic heterocycles. The third-order valence-corrected chi connectivity index (χ3v) is 4.93. The molecule has 0 spiro atoms. The Labute approximate surface area is 206 Å². The van der Waals surface area contributed by atoms with Crippen LogP contribution >= 0.6 is 0 Å². The Morgan fingerprint density at radius 3 is 2.64 bits per heavy atom. The number of nitrogens with one attached hydrogen (secondary N) is 1. The van der Waals surface area contributed by atoms with Gasteiger partial charge in [-0.2, -0.15) is 5.26 Å². The minimum atomic E-state index is -1.23. The van der Waals surface area contributed by atoms with E-state index in [1.165, 1.54) is 18.5 Å². The number of halogens is 2. The summed E-state index contributed by atoms with van der Waals surface area (Å²) in [5.41, 5.74) is 4.97. The van der Waals surface area contributed by atoms with Crippen molar-refractivity contribution >= 4 is 5.91 Å². The van der Waals surface area contributed by atoms with E-state index >= 15 is 0 Å². The molecule has 0 fully saturated rings. The first-order valence-corrected chi connectivity index (χ1v) is 11.0. The summed E-state index contributed by atoms with van der Waals surface area (Å²) in [7, 11) is 0. The Hall–Kier alpha value is -4.02. The molecule has 0 aliphatic heterocycles. The predicted octanol–water partition coefficient (Wildman–Crippen LogP) is 1.99. The Morgan fingerprint density at radius 2 is 2.00 bits per heavy atom. The Bertz CT molecular complexity index is 1170. The molecule has 11 nitrogen and oxygen atoms in total. The smallest absolute Gasteiger partial charge is 0.240 e. The molecular weight excluding hydrogens is 474 g/mol. The summed E-state index contributed by atoms with van der Waals surface area (Å²) in [6, 6.07) is 8.75. The maximum atomic E-state index is 13.5. The van der Waals surface area contributed by atoms with Crippen LogP contribution in [0.5, 0.6) is 5.88 Å². The number of hydrogen-bond acceptors (Lipinski definition) is 9. The lowest BCUT2D eigenvalue weighted by molar-refractivity contribution is -0.126. The summed E-state index contributed by atoms with van der Waals surface area (Å²) in [4.78, 5) is 16.7. The number of rotatable bonds is 12. The van der Waals surface area contributed by atoms with Crippen LogP contribution in [0.1, 0.15) is 43.7 Å². The van der Waals surface area contributed by atoms with E-state index in [1.807, 2.05) is 0 Å². The van der Waals surface area contributed by atoms with Gasteiger partial charge in [0.25, 0.3) is 0 Å². The number of amides is 1. The molecule has 0 aliphatic carbocycles. The van der Waals surface area contributed by atoms with E-state index in [9.17, 15) is 18.8 Å². The fourth-order valence-corrected chi connectivity index (χ4v) is 3.14.